The van der Waals surface area contributed by atoms with Crippen LogP contribution in [0.4, 0.5) is 11.4 Å². The Hall–Kier alpha value is -3.40. The molecule has 0 radical (unpaired) electrons. The fourth-order valence-electron chi connectivity index (χ4n) is 5.81. The van der Waals surface area contributed by atoms with Gasteiger partial charge in [-0.3, -0.25) is 9.10 Å². The van der Waals surface area contributed by atoms with Gasteiger partial charge in [0.2, 0.25) is 10.0 Å². The second-order valence-corrected chi connectivity index (χ2v) is 13.0. The summed E-state index contributed by atoms with van der Waals surface area (Å²) in [4.78, 5) is 13.7. The van der Waals surface area contributed by atoms with Crippen LogP contribution in [0.15, 0.2) is 72.8 Å². The number of anilines is 2. The number of hydrogen-bond donors (Lipinski definition) is 4. The third kappa shape index (κ3) is 7.28. The molecule has 2 atom stereocenters. The van der Waals surface area contributed by atoms with Gasteiger partial charge in [0.25, 0.3) is 5.91 Å². The number of carbonyl (C=O) groups is 1. The third-order valence-electron chi connectivity index (χ3n) is 7.94. The Morgan fingerprint density at radius 2 is 1.71 bits per heavy atom. The highest BCUT2D eigenvalue weighted by atomic mass is 32.2. The minimum Gasteiger partial charge on any atom is -0.390 e. The van der Waals surface area contributed by atoms with Gasteiger partial charge in [-0.15, -0.1) is 0 Å². The molecule has 1 saturated heterocycles. The molecule has 1 aliphatic carbocycles. The first-order chi connectivity index (χ1) is 19.8. The molecule has 218 valence electrons. The number of nitrogens with one attached hydrogen (secondary N) is 3. The lowest BCUT2D eigenvalue weighted by molar-refractivity contribution is 0.0825. The maximum Gasteiger partial charge on any atom is 0.251 e. The maximum absolute atomic E-state index is 13.7. The van der Waals surface area contributed by atoms with E-state index in [2.05, 4.69) is 40.2 Å². The van der Waals surface area contributed by atoms with E-state index in [9.17, 15) is 18.3 Å². The predicted octanol–water partition coefficient (Wildman–Crippen LogP) is 3.51. The van der Waals surface area contributed by atoms with Gasteiger partial charge in [-0.25, -0.2) is 8.42 Å². The first kappa shape index (κ1) is 29.1. The van der Waals surface area contributed by atoms with E-state index in [1.54, 1.807) is 18.2 Å². The number of hydrogen-bond acceptors (Lipinski definition) is 6. The zero-order valence-electron chi connectivity index (χ0n) is 23.6. The molecule has 4 N–H and O–H groups in total. The summed E-state index contributed by atoms with van der Waals surface area (Å²) in [5.41, 5.74) is 5.19. The van der Waals surface area contributed by atoms with Crippen LogP contribution in [0.5, 0.6) is 0 Å². The third-order valence-corrected chi connectivity index (χ3v) is 9.81. The Morgan fingerprint density at radius 3 is 2.39 bits per heavy atom. The standard InChI is InChI=1S/C32H40N4O4S/c1-2-33-28-19-26(20-29(21-28)36-14-8-9-15-41(36,39)40)32(38)35-30(16-23-10-4-3-5-11-23)31(37)22-34-27-17-24-12-6-7-13-25(24)18-27/h3-7,10-13,19-21,27,30-31,33-34,37H,2,8-9,14-18,22H2,1H3,(H,35,38)/t30-,31+/m0/s1. The van der Waals surface area contributed by atoms with Gasteiger partial charge in [-0.05, 0) is 73.9 Å². The molecule has 3 aromatic rings. The quantitative estimate of drug-likeness (QED) is 0.278. The van der Waals surface area contributed by atoms with Crippen molar-refractivity contribution in [3.8, 4) is 0 Å². The molecule has 41 heavy (non-hydrogen) atoms. The fourth-order valence-corrected chi connectivity index (χ4v) is 7.43. The van der Waals surface area contributed by atoms with E-state index >= 15 is 0 Å². The van der Waals surface area contributed by atoms with Crippen molar-refractivity contribution in [2.24, 2.45) is 0 Å². The molecule has 1 aliphatic heterocycles. The molecule has 0 aromatic heterocycles. The molecule has 5 rings (SSSR count). The van der Waals surface area contributed by atoms with E-state index in [4.69, 9.17) is 0 Å². The molecular formula is C32H40N4O4S. The molecule has 0 saturated carbocycles. The fraction of sp³-hybridized carbons (Fsp3) is 0.406. The molecule has 0 spiro atoms. The average molecular weight is 577 g/mol. The number of nitrogens with zero attached hydrogens (tertiary/aromatic N) is 1. The van der Waals surface area contributed by atoms with Crippen LogP contribution in [0.2, 0.25) is 0 Å². The van der Waals surface area contributed by atoms with Crippen LogP contribution < -0.4 is 20.3 Å². The van der Waals surface area contributed by atoms with Gasteiger partial charge in [0.1, 0.15) is 0 Å². The number of rotatable bonds is 11. The molecule has 1 fully saturated rings. The van der Waals surface area contributed by atoms with Crippen molar-refractivity contribution in [3.63, 3.8) is 0 Å². The summed E-state index contributed by atoms with van der Waals surface area (Å²) in [6.45, 7) is 3.31. The molecule has 1 heterocycles. The Labute approximate surface area is 243 Å². The number of benzene rings is 3. The summed E-state index contributed by atoms with van der Waals surface area (Å²) in [6, 6.07) is 23.0. The summed E-state index contributed by atoms with van der Waals surface area (Å²) in [5.74, 6) is -0.252. The van der Waals surface area contributed by atoms with Crippen LogP contribution in [0.1, 0.15) is 46.8 Å². The normalized spacial score (nSPS) is 18.0. The maximum atomic E-state index is 13.7. The number of fused-ring (bicyclic) bond motifs is 1. The van der Waals surface area contributed by atoms with Crippen molar-refractivity contribution >= 4 is 27.3 Å². The Balaban J connectivity index is 1.33. The number of amides is 1. The largest absolute Gasteiger partial charge is 0.390 e. The average Bonchev–Trinajstić information content (AvgIpc) is 3.39. The highest BCUT2D eigenvalue weighted by molar-refractivity contribution is 7.92. The van der Waals surface area contributed by atoms with Crippen molar-refractivity contribution in [3.05, 3.63) is 95.1 Å². The molecule has 3 aromatic carbocycles. The molecule has 9 heteroatoms. The van der Waals surface area contributed by atoms with Crippen molar-refractivity contribution in [1.82, 2.24) is 10.6 Å². The van der Waals surface area contributed by atoms with Crippen LogP contribution in [-0.4, -0.2) is 63.0 Å². The SMILES string of the molecule is CCNc1cc(C(=O)N[C@@H](Cc2ccccc2)[C@H](O)CNC2Cc3ccccc3C2)cc(N2CCCCS2(=O)=O)c1. The predicted molar refractivity (Wildman–Crippen MR) is 164 cm³/mol. The van der Waals surface area contributed by atoms with Crippen molar-refractivity contribution in [2.75, 3.05) is 35.0 Å². The van der Waals surface area contributed by atoms with E-state index < -0.39 is 22.2 Å². The first-order valence-electron chi connectivity index (χ1n) is 14.5. The Kier molecular flexibility index (Phi) is 9.27. The van der Waals surface area contributed by atoms with Gasteiger partial charge >= 0.3 is 0 Å². The molecule has 0 unspecified atom stereocenters. The zero-order chi connectivity index (χ0) is 28.8. The van der Waals surface area contributed by atoms with Gasteiger partial charge in [0, 0.05) is 36.9 Å². The Bertz CT molecular complexity index is 1420. The van der Waals surface area contributed by atoms with Crippen LogP contribution in [0.25, 0.3) is 0 Å². The number of aliphatic hydroxyl groups excluding tert-OH is 1. The van der Waals surface area contributed by atoms with Crippen LogP contribution >= 0.6 is 0 Å². The second-order valence-electron chi connectivity index (χ2n) is 11.0. The zero-order valence-corrected chi connectivity index (χ0v) is 24.4. The van der Waals surface area contributed by atoms with E-state index in [-0.39, 0.29) is 17.7 Å². The summed E-state index contributed by atoms with van der Waals surface area (Å²) < 4.78 is 27.1. The summed E-state index contributed by atoms with van der Waals surface area (Å²) in [6.07, 6.45) is 2.87. The van der Waals surface area contributed by atoms with Crippen LogP contribution in [0.3, 0.4) is 0 Å². The van der Waals surface area contributed by atoms with E-state index in [1.807, 2.05) is 37.3 Å². The molecule has 0 bridgehead atoms. The van der Waals surface area contributed by atoms with Crippen molar-refractivity contribution in [1.29, 1.82) is 0 Å². The molecule has 2 aliphatic rings. The second kappa shape index (κ2) is 13.1. The molecule has 8 nitrogen and oxygen atoms in total. The smallest absolute Gasteiger partial charge is 0.251 e. The highest BCUT2D eigenvalue weighted by Crippen LogP contribution is 2.28. The van der Waals surface area contributed by atoms with Gasteiger partial charge < -0.3 is 21.1 Å². The first-order valence-corrected chi connectivity index (χ1v) is 16.2. The number of sulfonamides is 1. The lowest BCUT2D eigenvalue weighted by atomic mass is 10.00. The van der Waals surface area contributed by atoms with Crippen molar-refractivity contribution < 1.29 is 18.3 Å². The van der Waals surface area contributed by atoms with E-state index in [0.29, 0.717) is 49.4 Å². The summed E-state index contributed by atoms with van der Waals surface area (Å²) in [5, 5.41) is 21.1. The summed E-state index contributed by atoms with van der Waals surface area (Å²) in [7, 11) is -3.44. The monoisotopic (exact) mass is 576 g/mol. The Morgan fingerprint density at radius 1 is 1.00 bits per heavy atom. The van der Waals surface area contributed by atoms with Gasteiger partial charge in [0.15, 0.2) is 0 Å². The van der Waals surface area contributed by atoms with Crippen LogP contribution in [0, 0.1) is 0 Å². The molecule has 1 amide bonds. The van der Waals surface area contributed by atoms with Crippen molar-refractivity contribution in [2.45, 2.75) is 57.2 Å². The lowest BCUT2D eigenvalue weighted by Gasteiger charge is -2.29. The topological polar surface area (TPSA) is 111 Å². The number of carbonyl (C=O) groups excluding carboxylic acids is 1. The van der Waals surface area contributed by atoms with Gasteiger partial charge in [-0.2, -0.15) is 0 Å². The minimum absolute atomic E-state index is 0.102. The van der Waals surface area contributed by atoms with E-state index in [1.165, 1.54) is 15.4 Å². The number of aliphatic hydroxyl groups is 1. The van der Waals surface area contributed by atoms with Gasteiger partial charge in [0.05, 0.1) is 23.6 Å². The highest BCUT2D eigenvalue weighted by Gasteiger charge is 2.29. The molecular weight excluding hydrogens is 536 g/mol. The lowest BCUT2D eigenvalue weighted by Crippen LogP contribution is -2.50. The minimum atomic E-state index is -3.44. The summed E-state index contributed by atoms with van der Waals surface area (Å²) >= 11 is 0. The van der Waals surface area contributed by atoms with Gasteiger partial charge in [-0.1, -0.05) is 54.6 Å². The van der Waals surface area contributed by atoms with Crippen LogP contribution in [-0.2, 0) is 29.3 Å². The van der Waals surface area contributed by atoms with E-state index in [0.717, 1.165) is 24.8 Å².